The van der Waals surface area contributed by atoms with Crippen molar-refractivity contribution in [3.05, 3.63) is 40.8 Å². The molecular weight excluding hydrogens is 249 g/mol. The Kier molecular flexibility index (Phi) is 3.10. The van der Waals surface area contributed by atoms with E-state index in [1.54, 1.807) is 0 Å². The molecule has 88 valence electrons. The van der Waals surface area contributed by atoms with Crippen LogP contribution in [-0.4, -0.2) is 16.2 Å². The molecule has 0 amide bonds. The Hall–Kier alpha value is -1.88. The molecule has 0 spiro atoms. The highest BCUT2D eigenvalue weighted by Gasteiger charge is 2.13. The van der Waals surface area contributed by atoms with E-state index in [0.29, 0.717) is 5.02 Å². The summed E-state index contributed by atoms with van der Waals surface area (Å²) >= 11 is 5.73. The van der Waals surface area contributed by atoms with E-state index in [1.807, 2.05) is 0 Å². The highest BCUT2D eigenvalue weighted by atomic mass is 35.5. The number of benzene rings is 1. The molecule has 1 N–H and O–H groups in total. The fourth-order valence-electron chi connectivity index (χ4n) is 1.36. The maximum Gasteiger partial charge on any atom is 0.309 e. The first kappa shape index (κ1) is 11.6. The summed E-state index contributed by atoms with van der Waals surface area (Å²) in [6.45, 7) is 0. The molecule has 0 bridgehead atoms. The number of rotatable bonds is 3. The Bertz CT molecular complexity index is 568. The number of carboxylic acids is 1. The van der Waals surface area contributed by atoms with Gasteiger partial charge in [0.1, 0.15) is 5.82 Å². The van der Waals surface area contributed by atoms with Gasteiger partial charge in [0.05, 0.1) is 17.7 Å². The normalized spacial score (nSPS) is 10.5. The van der Waals surface area contributed by atoms with Crippen molar-refractivity contribution >= 4 is 17.6 Å². The number of aliphatic carboxylic acids is 1. The van der Waals surface area contributed by atoms with Gasteiger partial charge in [-0.15, -0.1) is 0 Å². The number of hydrogen-bond acceptors (Lipinski definition) is 3. The van der Waals surface area contributed by atoms with E-state index in [-0.39, 0.29) is 23.4 Å². The number of aromatic nitrogens is 1. The molecule has 17 heavy (non-hydrogen) atoms. The van der Waals surface area contributed by atoms with Crippen molar-refractivity contribution in [1.82, 2.24) is 5.16 Å². The van der Waals surface area contributed by atoms with Crippen LogP contribution in [0.3, 0.4) is 0 Å². The van der Waals surface area contributed by atoms with E-state index in [2.05, 4.69) is 5.16 Å². The van der Waals surface area contributed by atoms with E-state index < -0.39 is 11.8 Å². The van der Waals surface area contributed by atoms with Gasteiger partial charge in [0.2, 0.25) is 0 Å². The van der Waals surface area contributed by atoms with Crippen LogP contribution < -0.4 is 0 Å². The first-order valence-electron chi connectivity index (χ1n) is 4.69. The molecule has 0 aliphatic heterocycles. The summed E-state index contributed by atoms with van der Waals surface area (Å²) in [7, 11) is 0. The van der Waals surface area contributed by atoms with Gasteiger partial charge in [-0.05, 0) is 18.2 Å². The molecule has 0 radical (unpaired) electrons. The molecule has 0 unspecified atom stereocenters. The van der Waals surface area contributed by atoms with E-state index in [1.165, 1.54) is 24.3 Å². The van der Waals surface area contributed by atoms with Crippen LogP contribution in [0.15, 0.2) is 28.8 Å². The molecular formula is C11H7ClFNO3. The van der Waals surface area contributed by atoms with Gasteiger partial charge in [-0.25, -0.2) is 4.39 Å². The highest BCUT2D eigenvalue weighted by Crippen LogP contribution is 2.26. The van der Waals surface area contributed by atoms with Crippen LogP contribution in [0.2, 0.25) is 5.02 Å². The van der Waals surface area contributed by atoms with Crippen molar-refractivity contribution in [3.8, 4) is 11.3 Å². The average molecular weight is 256 g/mol. The number of carboxylic acid groups (broad SMARTS) is 1. The van der Waals surface area contributed by atoms with Crippen molar-refractivity contribution in [3.63, 3.8) is 0 Å². The fourth-order valence-corrected chi connectivity index (χ4v) is 1.54. The SMILES string of the molecule is O=C(O)Cc1cc(-c2cc(Cl)ccc2F)on1. The number of carbonyl (C=O) groups is 1. The molecule has 0 aliphatic rings. The number of halogens is 2. The highest BCUT2D eigenvalue weighted by molar-refractivity contribution is 6.30. The third-order valence-corrected chi connectivity index (χ3v) is 2.32. The zero-order valence-corrected chi connectivity index (χ0v) is 9.24. The molecule has 1 aromatic heterocycles. The summed E-state index contributed by atoms with van der Waals surface area (Å²) in [5, 5.41) is 12.5. The lowest BCUT2D eigenvalue weighted by molar-refractivity contribution is -0.136. The molecule has 1 aromatic carbocycles. The lowest BCUT2D eigenvalue weighted by Crippen LogP contribution is -1.99. The zero-order valence-electron chi connectivity index (χ0n) is 8.48. The van der Waals surface area contributed by atoms with Crippen molar-refractivity contribution in [2.45, 2.75) is 6.42 Å². The molecule has 6 heteroatoms. The lowest BCUT2D eigenvalue weighted by atomic mass is 10.1. The molecule has 2 aromatic rings. The minimum absolute atomic E-state index is 0.154. The van der Waals surface area contributed by atoms with Gasteiger partial charge in [0, 0.05) is 11.1 Å². The van der Waals surface area contributed by atoms with E-state index in [4.69, 9.17) is 21.2 Å². The van der Waals surface area contributed by atoms with Crippen molar-refractivity contribution in [2.24, 2.45) is 0 Å². The molecule has 1 heterocycles. The second kappa shape index (κ2) is 4.55. The molecule has 0 fully saturated rings. The summed E-state index contributed by atoms with van der Waals surface area (Å²) in [6.07, 6.45) is -0.272. The summed E-state index contributed by atoms with van der Waals surface area (Å²) in [5.41, 5.74) is 0.383. The predicted molar refractivity (Wildman–Crippen MR) is 58.2 cm³/mol. The van der Waals surface area contributed by atoms with Crippen LogP contribution in [0.5, 0.6) is 0 Å². The summed E-state index contributed by atoms with van der Waals surface area (Å²) in [5.74, 6) is -1.38. The minimum Gasteiger partial charge on any atom is -0.481 e. The quantitative estimate of drug-likeness (QED) is 0.916. The van der Waals surface area contributed by atoms with Crippen LogP contribution in [0.4, 0.5) is 4.39 Å². The smallest absolute Gasteiger partial charge is 0.309 e. The molecule has 0 aliphatic carbocycles. The van der Waals surface area contributed by atoms with Gasteiger partial charge in [0.15, 0.2) is 5.76 Å². The maximum atomic E-state index is 13.5. The summed E-state index contributed by atoms with van der Waals surface area (Å²) in [4.78, 5) is 10.5. The Labute approximate surface area is 101 Å². The maximum absolute atomic E-state index is 13.5. The van der Waals surface area contributed by atoms with Crippen molar-refractivity contribution in [2.75, 3.05) is 0 Å². The summed E-state index contributed by atoms with van der Waals surface area (Å²) in [6, 6.07) is 5.39. The van der Waals surface area contributed by atoms with E-state index in [0.717, 1.165) is 0 Å². The van der Waals surface area contributed by atoms with Gasteiger partial charge in [-0.1, -0.05) is 16.8 Å². The van der Waals surface area contributed by atoms with Crippen LogP contribution >= 0.6 is 11.6 Å². The lowest BCUT2D eigenvalue weighted by Gasteiger charge is -1.98. The standard InChI is InChI=1S/C11H7ClFNO3/c12-6-1-2-9(13)8(3-6)10-4-7(14-17-10)5-11(15)16/h1-4H,5H2,(H,15,16). The topological polar surface area (TPSA) is 63.3 Å². The van der Waals surface area contributed by atoms with Crippen molar-refractivity contribution in [1.29, 1.82) is 0 Å². The third-order valence-electron chi connectivity index (χ3n) is 2.09. The zero-order chi connectivity index (χ0) is 12.4. The van der Waals surface area contributed by atoms with Crippen molar-refractivity contribution < 1.29 is 18.8 Å². The predicted octanol–water partition coefficient (Wildman–Crippen LogP) is 2.76. The Morgan fingerprint density at radius 1 is 1.47 bits per heavy atom. The monoisotopic (exact) mass is 255 g/mol. The number of nitrogens with zero attached hydrogens (tertiary/aromatic N) is 1. The van der Waals surface area contributed by atoms with Crippen LogP contribution in [0.1, 0.15) is 5.69 Å². The largest absolute Gasteiger partial charge is 0.481 e. The Morgan fingerprint density at radius 2 is 2.24 bits per heavy atom. The number of hydrogen-bond donors (Lipinski definition) is 1. The van der Waals surface area contributed by atoms with E-state index in [9.17, 15) is 9.18 Å². The minimum atomic E-state index is -1.03. The van der Waals surface area contributed by atoms with Crippen LogP contribution in [0, 0.1) is 5.82 Å². The molecule has 0 saturated carbocycles. The molecule has 0 atom stereocenters. The third kappa shape index (κ3) is 2.62. The fraction of sp³-hybridized carbons (Fsp3) is 0.0909. The second-order valence-electron chi connectivity index (χ2n) is 3.38. The average Bonchev–Trinajstić information content (AvgIpc) is 2.69. The van der Waals surface area contributed by atoms with E-state index >= 15 is 0 Å². The summed E-state index contributed by atoms with van der Waals surface area (Å²) < 4.78 is 18.3. The molecule has 0 saturated heterocycles. The van der Waals surface area contributed by atoms with Gasteiger partial charge in [0.25, 0.3) is 0 Å². The van der Waals surface area contributed by atoms with Gasteiger partial charge >= 0.3 is 5.97 Å². The van der Waals surface area contributed by atoms with Crippen LogP contribution in [-0.2, 0) is 11.2 Å². The Morgan fingerprint density at radius 3 is 2.94 bits per heavy atom. The van der Waals surface area contributed by atoms with Crippen LogP contribution in [0.25, 0.3) is 11.3 Å². The molecule has 4 nitrogen and oxygen atoms in total. The van der Waals surface area contributed by atoms with Gasteiger partial charge < -0.3 is 9.63 Å². The van der Waals surface area contributed by atoms with Gasteiger partial charge in [-0.2, -0.15) is 0 Å². The first-order chi connectivity index (χ1) is 8.06. The molecule has 2 rings (SSSR count). The second-order valence-corrected chi connectivity index (χ2v) is 3.81. The Balaban J connectivity index is 2.36. The van der Waals surface area contributed by atoms with Gasteiger partial charge in [-0.3, -0.25) is 4.79 Å². The first-order valence-corrected chi connectivity index (χ1v) is 5.07.